The summed E-state index contributed by atoms with van der Waals surface area (Å²) in [6.07, 6.45) is -0.908. The molecule has 1 aromatic carbocycles. The molecule has 0 atom stereocenters. The molecular formula is C9H9F2NO3. The molecule has 0 aliphatic carbocycles. The van der Waals surface area contributed by atoms with Gasteiger partial charge in [-0.1, -0.05) is 0 Å². The minimum atomic E-state index is -0.908. The van der Waals surface area contributed by atoms with Crippen LogP contribution in [0.2, 0.25) is 0 Å². The van der Waals surface area contributed by atoms with E-state index in [1.54, 1.807) is 0 Å². The molecule has 0 saturated carbocycles. The molecule has 0 bridgehead atoms. The van der Waals surface area contributed by atoms with Crippen LogP contribution >= 0.6 is 0 Å². The number of carbonyl (C=O) groups is 1. The number of hydrogen-bond donors (Lipinski definition) is 2. The van der Waals surface area contributed by atoms with Crippen LogP contribution in [0.15, 0.2) is 18.2 Å². The van der Waals surface area contributed by atoms with Crippen molar-refractivity contribution in [1.82, 2.24) is 0 Å². The topological polar surface area (TPSA) is 58.6 Å². The summed E-state index contributed by atoms with van der Waals surface area (Å²) in [6.45, 7) is -0.506. The Balaban J connectivity index is 2.60. The van der Waals surface area contributed by atoms with E-state index in [1.807, 2.05) is 0 Å². The highest BCUT2D eigenvalue weighted by atomic mass is 19.1. The smallest absolute Gasteiger partial charge is 0.411 e. The lowest BCUT2D eigenvalue weighted by atomic mass is 10.3. The van der Waals surface area contributed by atoms with Crippen LogP contribution in [0.25, 0.3) is 0 Å². The first-order chi connectivity index (χ1) is 7.13. The van der Waals surface area contributed by atoms with Crippen molar-refractivity contribution in [1.29, 1.82) is 0 Å². The van der Waals surface area contributed by atoms with Gasteiger partial charge in [-0.25, -0.2) is 13.6 Å². The lowest BCUT2D eigenvalue weighted by molar-refractivity contribution is 0.131. The number of benzene rings is 1. The second-order valence-electron chi connectivity index (χ2n) is 2.61. The normalized spacial score (nSPS) is 9.80. The lowest BCUT2D eigenvalue weighted by Gasteiger charge is -2.06. The minimum Gasteiger partial charge on any atom is -0.447 e. The molecule has 0 aromatic heterocycles. The summed E-state index contributed by atoms with van der Waals surface area (Å²) in [6, 6.07) is 2.72. The van der Waals surface area contributed by atoms with Gasteiger partial charge >= 0.3 is 6.09 Å². The molecule has 0 heterocycles. The van der Waals surface area contributed by atoms with Crippen molar-refractivity contribution in [3.8, 4) is 0 Å². The standard InChI is InChI=1S/C9H9F2NO3/c10-6-1-2-8(7(11)5-6)12-9(14)15-4-3-13/h1-2,5,13H,3-4H2,(H,12,14). The predicted octanol–water partition coefficient (Wildman–Crippen LogP) is 1.51. The lowest BCUT2D eigenvalue weighted by Crippen LogP contribution is -2.16. The number of halogens is 2. The zero-order chi connectivity index (χ0) is 11.3. The van der Waals surface area contributed by atoms with Gasteiger partial charge in [0.05, 0.1) is 12.3 Å². The molecule has 4 nitrogen and oxygen atoms in total. The fourth-order valence-electron chi connectivity index (χ4n) is 0.875. The van der Waals surface area contributed by atoms with E-state index in [2.05, 4.69) is 10.1 Å². The molecule has 0 aliphatic rings. The van der Waals surface area contributed by atoms with Gasteiger partial charge in [-0.05, 0) is 12.1 Å². The van der Waals surface area contributed by atoms with Gasteiger partial charge in [-0.3, -0.25) is 5.32 Å². The molecule has 0 saturated heterocycles. The monoisotopic (exact) mass is 217 g/mol. The Morgan fingerprint density at radius 1 is 1.47 bits per heavy atom. The summed E-state index contributed by atoms with van der Waals surface area (Å²) in [7, 11) is 0. The molecule has 2 N–H and O–H groups in total. The molecule has 0 fully saturated rings. The van der Waals surface area contributed by atoms with Crippen molar-refractivity contribution in [2.24, 2.45) is 0 Å². The zero-order valence-electron chi connectivity index (χ0n) is 7.67. The van der Waals surface area contributed by atoms with Crippen molar-refractivity contribution in [2.45, 2.75) is 0 Å². The summed E-state index contributed by atoms with van der Waals surface area (Å²) in [4.78, 5) is 10.9. The van der Waals surface area contributed by atoms with Crippen molar-refractivity contribution >= 4 is 11.8 Å². The summed E-state index contributed by atoms with van der Waals surface area (Å²) < 4.78 is 29.9. The Kier molecular flexibility index (Phi) is 3.99. The number of aliphatic hydroxyl groups excluding tert-OH is 1. The molecule has 0 radical (unpaired) electrons. The second-order valence-corrected chi connectivity index (χ2v) is 2.61. The maximum Gasteiger partial charge on any atom is 0.411 e. The molecule has 1 aromatic rings. The average molecular weight is 217 g/mol. The third kappa shape index (κ3) is 3.51. The Labute approximate surface area is 84.5 Å². The maximum atomic E-state index is 13.0. The summed E-state index contributed by atoms with van der Waals surface area (Å²) >= 11 is 0. The van der Waals surface area contributed by atoms with Gasteiger partial charge in [-0.15, -0.1) is 0 Å². The third-order valence-corrected chi connectivity index (χ3v) is 1.49. The van der Waals surface area contributed by atoms with Crippen LogP contribution in [-0.4, -0.2) is 24.4 Å². The highest BCUT2D eigenvalue weighted by Crippen LogP contribution is 2.14. The van der Waals surface area contributed by atoms with Gasteiger partial charge in [-0.2, -0.15) is 0 Å². The van der Waals surface area contributed by atoms with Crippen molar-refractivity contribution in [3.63, 3.8) is 0 Å². The Hall–Kier alpha value is -1.69. The Morgan fingerprint density at radius 3 is 2.80 bits per heavy atom. The first-order valence-corrected chi connectivity index (χ1v) is 4.13. The van der Waals surface area contributed by atoms with E-state index in [0.717, 1.165) is 12.1 Å². The molecule has 0 spiro atoms. The predicted molar refractivity (Wildman–Crippen MR) is 48.4 cm³/mol. The van der Waals surface area contributed by atoms with E-state index >= 15 is 0 Å². The highest BCUT2D eigenvalue weighted by molar-refractivity contribution is 5.84. The number of anilines is 1. The van der Waals surface area contributed by atoms with Crippen LogP contribution < -0.4 is 5.32 Å². The van der Waals surface area contributed by atoms with Crippen molar-refractivity contribution in [2.75, 3.05) is 18.5 Å². The summed E-state index contributed by atoms with van der Waals surface area (Å²) in [5.41, 5.74) is -0.181. The molecule has 1 rings (SSSR count). The van der Waals surface area contributed by atoms with Crippen molar-refractivity contribution < 1.29 is 23.4 Å². The minimum absolute atomic E-state index is 0.181. The summed E-state index contributed by atoms with van der Waals surface area (Å²) in [5, 5.41) is 10.4. The Bertz CT molecular complexity index is 357. The van der Waals surface area contributed by atoms with Gasteiger partial charge in [0.15, 0.2) is 0 Å². The van der Waals surface area contributed by atoms with E-state index in [9.17, 15) is 13.6 Å². The van der Waals surface area contributed by atoms with Crippen LogP contribution in [0.4, 0.5) is 19.3 Å². The van der Waals surface area contributed by atoms with Crippen LogP contribution in [0.3, 0.4) is 0 Å². The first kappa shape index (κ1) is 11.4. The van der Waals surface area contributed by atoms with E-state index in [4.69, 9.17) is 5.11 Å². The summed E-state index contributed by atoms with van der Waals surface area (Å²) in [5.74, 6) is -1.63. The SMILES string of the molecule is O=C(Nc1ccc(F)cc1F)OCCO. The Morgan fingerprint density at radius 2 is 2.20 bits per heavy atom. The number of hydrogen-bond acceptors (Lipinski definition) is 3. The number of nitrogens with one attached hydrogen (secondary N) is 1. The number of aliphatic hydroxyl groups is 1. The third-order valence-electron chi connectivity index (χ3n) is 1.49. The van der Waals surface area contributed by atoms with Crippen LogP contribution in [-0.2, 0) is 4.74 Å². The van der Waals surface area contributed by atoms with Crippen molar-refractivity contribution in [3.05, 3.63) is 29.8 Å². The van der Waals surface area contributed by atoms with Gasteiger partial charge in [0.2, 0.25) is 0 Å². The van der Waals surface area contributed by atoms with Crippen LogP contribution in [0.5, 0.6) is 0 Å². The van der Waals surface area contributed by atoms with E-state index in [1.165, 1.54) is 0 Å². The van der Waals surface area contributed by atoms with E-state index in [0.29, 0.717) is 6.07 Å². The number of carbonyl (C=O) groups excluding carboxylic acids is 1. The van der Waals surface area contributed by atoms with Gasteiger partial charge in [0, 0.05) is 6.07 Å². The molecule has 0 aliphatic heterocycles. The number of rotatable bonds is 3. The highest BCUT2D eigenvalue weighted by Gasteiger charge is 2.07. The average Bonchev–Trinajstić information content (AvgIpc) is 2.19. The molecule has 82 valence electrons. The van der Waals surface area contributed by atoms with Gasteiger partial charge in [0.1, 0.15) is 18.2 Å². The fourth-order valence-corrected chi connectivity index (χ4v) is 0.875. The number of amides is 1. The quantitative estimate of drug-likeness (QED) is 0.806. The van der Waals surface area contributed by atoms with E-state index < -0.39 is 17.7 Å². The molecule has 6 heteroatoms. The van der Waals surface area contributed by atoms with Crippen LogP contribution in [0.1, 0.15) is 0 Å². The van der Waals surface area contributed by atoms with Crippen LogP contribution in [0, 0.1) is 11.6 Å². The first-order valence-electron chi connectivity index (χ1n) is 4.13. The molecule has 1 amide bonds. The molecular weight excluding hydrogens is 208 g/mol. The molecule has 15 heavy (non-hydrogen) atoms. The van der Waals surface area contributed by atoms with E-state index in [-0.39, 0.29) is 18.9 Å². The fraction of sp³-hybridized carbons (Fsp3) is 0.222. The van der Waals surface area contributed by atoms with Gasteiger partial charge < -0.3 is 9.84 Å². The molecule has 0 unspecified atom stereocenters. The van der Waals surface area contributed by atoms with Gasteiger partial charge in [0.25, 0.3) is 0 Å². The number of ether oxygens (including phenoxy) is 1. The second kappa shape index (κ2) is 5.26. The zero-order valence-corrected chi connectivity index (χ0v) is 7.67. The largest absolute Gasteiger partial charge is 0.447 e. The maximum absolute atomic E-state index is 13.0.